The Morgan fingerprint density at radius 3 is 0.745 bits per heavy atom. The third-order valence-corrected chi connectivity index (χ3v) is 12.0. The van der Waals surface area contributed by atoms with E-state index < -0.39 is 0 Å². The number of rotatable bonds is 2. The molecule has 3 aliphatic carbocycles. The standard InChI is InChI=1S/C47H42/c1-27-9-15-33-35-17-11-29(23-41(35)45(3,4)39(33)21-27)31-13-19-37-38-20-14-32(26-44(38)47(7,8)43(37)25-31)30-12-18-36-34-16-10-28(2)22-40(34)46(5,6)42(36)24-30/h9-26H,1-8H3. The second-order valence-corrected chi connectivity index (χ2v) is 16.0. The van der Waals surface area contributed by atoms with Gasteiger partial charge in [-0.2, -0.15) is 0 Å². The van der Waals surface area contributed by atoms with Crippen LogP contribution in [0.2, 0.25) is 0 Å². The molecule has 0 bridgehead atoms. The van der Waals surface area contributed by atoms with Gasteiger partial charge in [0.25, 0.3) is 0 Å². The predicted molar refractivity (Wildman–Crippen MR) is 199 cm³/mol. The number of benzene rings is 6. The lowest BCUT2D eigenvalue weighted by Gasteiger charge is -2.24. The van der Waals surface area contributed by atoms with Crippen molar-refractivity contribution >= 4 is 0 Å². The average Bonchev–Trinajstić information content (AvgIpc) is 3.52. The van der Waals surface area contributed by atoms with Crippen molar-refractivity contribution in [1.29, 1.82) is 0 Å². The molecule has 0 aromatic heterocycles. The first-order valence-corrected chi connectivity index (χ1v) is 17.2. The van der Waals surface area contributed by atoms with Crippen molar-refractivity contribution in [3.8, 4) is 55.6 Å². The van der Waals surface area contributed by atoms with Gasteiger partial charge in [-0.15, -0.1) is 0 Å². The largest absolute Gasteiger partial charge is 0.0587 e. The van der Waals surface area contributed by atoms with Gasteiger partial charge in [0.2, 0.25) is 0 Å². The topological polar surface area (TPSA) is 0 Å². The van der Waals surface area contributed by atoms with Crippen molar-refractivity contribution in [2.24, 2.45) is 0 Å². The Balaban J connectivity index is 1.09. The van der Waals surface area contributed by atoms with Crippen molar-refractivity contribution in [3.05, 3.63) is 154 Å². The minimum atomic E-state index is -0.0930. The lowest BCUT2D eigenvalue weighted by Crippen LogP contribution is -2.16. The van der Waals surface area contributed by atoms with Crippen LogP contribution in [0, 0.1) is 13.8 Å². The van der Waals surface area contributed by atoms with Crippen LogP contribution in [0.25, 0.3) is 55.6 Å². The van der Waals surface area contributed by atoms with Gasteiger partial charge in [0.15, 0.2) is 0 Å². The molecule has 47 heavy (non-hydrogen) atoms. The van der Waals surface area contributed by atoms with Crippen molar-refractivity contribution in [2.45, 2.75) is 71.6 Å². The Kier molecular flexibility index (Phi) is 5.60. The highest BCUT2D eigenvalue weighted by atomic mass is 14.4. The molecule has 9 rings (SSSR count). The minimum Gasteiger partial charge on any atom is -0.0587 e. The molecule has 0 unspecified atom stereocenters. The fraction of sp³-hybridized carbons (Fsp3) is 0.234. The van der Waals surface area contributed by atoms with Crippen LogP contribution in [0.5, 0.6) is 0 Å². The van der Waals surface area contributed by atoms with Gasteiger partial charge >= 0.3 is 0 Å². The van der Waals surface area contributed by atoms with Gasteiger partial charge in [-0.3, -0.25) is 0 Å². The molecule has 0 fully saturated rings. The first-order valence-electron chi connectivity index (χ1n) is 17.2. The zero-order valence-corrected chi connectivity index (χ0v) is 28.9. The maximum Gasteiger partial charge on any atom is 0.0159 e. The van der Waals surface area contributed by atoms with Crippen LogP contribution in [0.4, 0.5) is 0 Å². The highest BCUT2D eigenvalue weighted by molar-refractivity contribution is 5.89. The van der Waals surface area contributed by atoms with Crippen molar-refractivity contribution in [3.63, 3.8) is 0 Å². The SMILES string of the molecule is Cc1ccc2c(c1)C(C)(C)c1cc(-c3ccc4c(c3)C(C)(C)c3cc(-c5ccc6c(c5)C(C)(C)c5cc(C)ccc5-6)ccc3-4)ccc1-2. The van der Waals surface area contributed by atoms with E-state index in [1.54, 1.807) is 0 Å². The fourth-order valence-corrected chi connectivity index (χ4v) is 9.16. The normalized spacial score (nSPS) is 16.6. The predicted octanol–water partition coefficient (Wildman–Crippen LogP) is 12.6. The monoisotopic (exact) mass is 606 g/mol. The summed E-state index contributed by atoms with van der Waals surface area (Å²) in [5.74, 6) is 0. The van der Waals surface area contributed by atoms with Crippen LogP contribution in [0.3, 0.4) is 0 Å². The minimum absolute atomic E-state index is 0.0101. The second-order valence-electron chi connectivity index (χ2n) is 16.0. The molecule has 0 saturated carbocycles. The highest BCUT2D eigenvalue weighted by Crippen LogP contribution is 2.54. The van der Waals surface area contributed by atoms with E-state index in [0.29, 0.717) is 0 Å². The number of aryl methyl sites for hydroxylation is 2. The van der Waals surface area contributed by atoms with Crippen LogP contribution in [-0.4, -0.2) is 0 Å². The van der Waals surface area contributed by atoms with E-state index >= 15 is 0 Å². The number of hydrogen-bond acceptors (Lipinski definition) is 0. The van der Waals surface area contributed by atoms with Crippen molar-refractivity contribution < 1.29 is 0 Å². The van der Waals surface area contributed by atoms with Crippen molar-refractivity contribution in [1.82, 2.24) is 0 Å². The van der Waals surface area contributed by atoms with Crippen LogP contribution in [-0.2, 0) is 16.2 Å². The number of fused-ring (bicyclic) bond motifs is 9. The molecular weight excluding hydrogens is 565 g/mol. The second kappa shape index (κ2) is 9.23. The Morgan fingerprint density at radius 2 is 0.489 bits per heavy atom. The summed E-state index contributed by atoms with van der Waals surface area (Å²) >= 11 is 0. The van der Waals surface area contributed by atoms with Gasteiger partial charge in [0.1, 0.15) is 0 Å². The summed E-state index contributed by atoms with van der Waals surface area (Å²) in [7, 11) is 0. The van der Waals surface area contributed by atoms with E-state index in [4.69, 9.17) is 0 Å². The van der Waals surface area contributed by atoms with Gasteiger partial charge in [-0.1, -0.05) is 138 Å². The zero-order chi connectivity index (χ0) is 32.6. The first-order chi connectivity index (χ1) is 22.4. The third-order valence-electron chi connectivity index (χ3n) is 12.0. The lowest BCUT2D eigenvalue weighted by atomic mass is 9.79. The molecule has 6 aromatic rings. The summed E-state index contributed by atoms with van der Waals surface area (Å²) in [5.41, 5.74) is 24.6. The summed E-state index contributed by atoms with van der Waals surface area (Å²) in [6, 6.07) is 42.5. The molecule has 0 nitrogen and oxygen atoms in total. The Morgan fingerprint density at radius 1 is 0.277 bits per heavy atom. The van der Waals surface area contributed by atoms with Gasteiger partial charge < -0.3 is 0 Å². The third kappa shape index (κ3) is 3.82. The van der Waals surface area contributed by atoms with Gasteiger partial charge in [-0.25, -0.2) is 0 Å². The maximum absolute atomic E-state index is 2.47. The fourth-order valence-electron chi connectivity index (χ4n) is 9.16. The van der Waals surface area contributed by atoms with Crippen LogP contribution < -0.4 is 0 Å². The molecule has 0 saturated heterocycles. The van der Waals surface area contributed by atoms with Gasteiger partial charge in [0, 0.05) is 16.2 Å². The van der Waals surface area contributed by atoms with Crippen LogP contribution in [0.1, 0.15) is 86.1 Å². The molecule has 0 amide bonds. The lowest BCUT2D eigenvalue weighted by molar-refractivity contribution is 0.659. The van der Waals surface area contributed by atoms with Gasteiger partial charge in [-0.05, 0) is 127 Å². The average molecular weight is 607 g/mol. The Bertz CT molecular complexity index is 2170. The smallest absolute Gasteiger partial charge is 0.0159 e. The van der Waals surface area contributed by atoms with Gasteiger partial charge in [0.05, 0.1) is 0 Å². The molecule has 0 radical (unpaired) electrons. The number of hydrogen-bond donors (Lipinski definition) is 0. The Hall–Kier alpha value is -4.68. The molecule has 0 heteroatoms. The summed E-state index contributed by atoms with van der Waals surface area (Å²) in [5, 5.41) is 0. The first kappa shape index (κ1) is 28.5. The van der Waals surface area contributed by atoms with Crippen LogP contribution >= 0.6 is 0 Å². The molecule has 6 aromatic carbocycles. The molecule has 0 N–H and O–H groups in total. The molecule has 3 aliphatic rings. The van der Waals surface area contributed by atoms with E-state index in [-0.39, 0.29) is 16.2 Å². The summed E-state index contributed by atoms with van der Waals surface area (Å²) in [6.07, 6.45) is 0. The summed E-state index contributed by atoms with van der Waals surface area (Å²) < 4.78 is 0. The molecule has 0 aliphatic heterocycles. The highest BCUT2D eigenvalue weighted by Gasteiger charge is 2.39. The summed E-state index contributed by atoms with van der Waals surface area (Å²) in [4.78, 5) is 0. The molecule has 0 heterocycles. The molecule has 230 valence electrons. The van der Waals surface area contributed by atoms with E-state index in [0.717, 1.165) is 0 Å². The maximum atomic E-state index is 2.47. The molecule has 0 atom stereocenters. The van der Waals surface area contributed by atoms with E-state index in [9.17, 15) is 0 Å². The summed E-state index contributed by atoms with van der Waals surface area (Å²) in [6.45, 7) is 18.7. The molecular formula is C47H42. The Labute approximate surface area is 280 Å². The van der Waals surface area contributed by atoms with E-state index in [2.05, 4.69) is 165 Å². The van der Waals surface area contributed by atoms with Crippen LogP contribution in [0.15, 0.2) is 109 Å². The zero-order valence-electron chi connectivity index (χ0n) is 28.9. The molecule has 0 spiro atoms. The van der Waals surface area contributed by atoms with E-state index in [1.807, 2.05) is 0 Å². The quantitative estimate of drug-likeness (QED) is 0.184. The van der Waals surface area contributed by atoms with Crippen molar-refractivity contribution in [2.75, 3.05) is 0 Å². The van der Waals surface area contributed by atoms with E-state index in [1.165, 1.54) is 100 Å².